The molecule has 2 aromatic rings. The minimum absolute atomic E-state index is 0.242. The van der Waals surface area contributed by atoms with Gasteiger partial charge in [0.05, 0.1) is 24.9 Å². The predicted octanol–water partition coefficient (Wildman–Crippen LogP) is 3.68. The van der Waals surface area contributed by atoms with Gasteiger partial charge in [0.2, 0.25) is 0 Å². The van der Waals surface area contributed by atoms with Crippen LogP contribution in [0.3, 0.4) is 0 Å². The van der Waals surface area contributed by atoms with Gasteiger partial charge in [0.1, 0.15) is 11.5 Å². The van der Waals surface area contributed by atoms with E-state index in [1.54, 1.807) is 18.2 Å². The van der Waals surface area contributed by atoms with Crippen molar-refractivity contribution in [2.45, 2.75) is 0 Å². The van der Waals surface area contributed by atoms with E-state index in [2.05, 4.69) is 5.32 Å². The minimum atomic E-state index is -0.242. The third-order valence-electron chi connectivity index (χ3n) is 3.35. The van der Waals surface area contributed by atoms with Crippen LogP contribution in [0.5, 0.6) is 11.5 Å². The highest BCUT2D eigenvalue weighted by Gasteiger charge is 2.14. The Hall–Kier alpha value is -2.40. The van der Waals surface area contributed by atoms with Crippen molar-refractivity contribution in [3.8, 4) is 11.5 Å². The third kappa shape index (κ3) is 3.87. The molecule has 0 aromatic heterocycles. The number of hydrogen-bond donors (Lipinski definition) is 1. The number of benzene rings is 2. The van der Waals surface area contributed by atoms with Crippen molar-refractivity contribution in [2.24, 2.45) is 0 Å². The highest BCUT2D eigenvalue weighted by Crippen LogP contribution is 2.36. The highest BCUT2D eigenvalue weighted by atomic mass is 35.5. The van der Waals surface area contributed by atoms with E-state index in [1.165, 1.54) is 14.2 Å². The summed E-state index contributed by atoms with van der Waals surface area (Å²) in [6.07, 6.45) is 0. The molecule has 0 aliphatic heterocycles. The van der Waals surface area contributed by atoms with Crippen LogP contribution in [0.4, 0.5) is 11.4 Å². The van der Waals surface area contributed by atoms with E-state index in [-0.39, 0.29) is 5.91 Å². The molecule has 0 heterocycles. The molecule has 0 spiro atoms. The van der Waals surface area contributed by atoms with Crippen LogP contribution in [-0.2, 0) is 0 Å². The second kappa shape index (κ2) is 7.24. The second-order valence-corrected chi connectivity index (χ2v) is 5.49. The number of hydrogen-bond acceptors (Lipinski definition) is 4. The van der Waals surface area contributed by atoms with Gasteiger partial charge in [-0.05, 0) is 24.3 Å². The molecule has 0 radical (unpaired) electrons. The summed E-state index contributed by atoms with van der Waals surface area (Å²) in [5, 5.41) is 3.21. The second-order valence-electron chi connectivity index (χ2n) is 5.09. The summed E-state index contributed by atoms with van der Waals surface area (Å²) >= 11 is 6.12. The lowest BCUT2D eigenvalue weighted by molar-refractivity contribution is 0.102. The number of nitrogens with one attached hydrogen (secondary N) is 1. The van der Waals surface area contributed by atoms with Crippen molar-refractivity contribution in [1.82, 2.24) is 0 Å². The summed E-state index contributed by atoms with van der Waals surface area (Å²) in [6, 6.07) is 10.6. The Labute approximate surface area is 140 Å². The lowest BCUT2D eigenvalue weighted by atomic mass is 10.1. The number of halogens is 1. The van der Waals surface area contributed by atoms with Crippen molar-refractivity contribution in [3.05, 3.63) is 47.0 Å². The molecular formula is C17H19ClN2O3. The summed E-state index contributed by atoms with van der Waals surface area (Å²) in [5.74, 6) is 0.715. The zero-order chi connectivity index (χ0) is 17.0. The molecule has 0 saturated heterocycles. The Morgan fingerprint density at radius 1 is 1.09 bits per heavy atom. The Morgan fingerprint density at radius 2 is 1.78 bits per heavy atom. The van der Waals surface area contributed by atoms with E-state index in [0.29, 0.717) is 27.8 Å². The van der Waals surface area contributed by atoms with Gasteiger partial charge in [-0.1, -0.05) is 17.7 Å². The van der Waals surface area contributed by atoms with E-state index in [1.807, 2.05) is 37.2 Å². The Kier molecular flexibility index (Phi) is 5.34. The minimum Gasteiger partial charge on any atom is -0.495 e. The van der Waals surface area contributed by atoms with Gasteiger partial charge in [-0.2, -0.15) is 0 Å². The molecule has 0 aliphatic carbocycles. The average molecular weight is 335 g/mol. The number of carbonyl (C=O) groups is 1. The number of ether oxygens (including phenoxy) is 2. The van der Waals surface area contributed by atoms with E-state index in [4.69, 9.17) is 21.1 Å². The number of methoxy groups -OCH3 is 2. The zero-order valence-electron chi connectivity index (χ0n) is 13.5. The molecule has 1 N–H and O–H groups in total. The maximum atomic E-state index is 12.5. The number of anilines is 2. The molecule has 23 heavy (non-hydrogen) atoms. The topological polar surface area (TPSA) is 50.8 Å². The van der Waals surface area contributed by atoms with Crippen LogP contribution < -0.4 is 19.7 Å². The van der Waals surface area contributed by atoms with Crippen molar-refractivity contribution < 1.29 is 14.3 Å². The van der Waals surface area contributed by atoms with Gasteiger partial charge < -0.3 is 19.7 Å². The van der Waals surface area contributed by atoms with E-state index >= 15 is 0 Å². The molecule has 6 heteroatoms. The number of amides is 1. The lowest BCUT2D eigenvalue weighted by Crippen LogP contribution is -2.14. The highest BCUT2D eigenvalue weighted by molar-refractivity contribution is 6.32. The van der Waals surface area contributed by atoms with Gasteiger partial charge in [-0.3, -0.25) is 4.79 Å². The fraction of sp³-hybridized carbons (Fsp3) is 0.235. The lowest BCUT2D eigenvalue weighted by Gasteiger charge is -2.15. The maximum absolute atomic E-state index is 12.5. The molecule has 2 aromatic carbocycles. The molecule has 1 amide bonds. The summed E-state index contributed by atoms with van der Waals surface area (Å²) in [5.41, 5.74) is 1.97. The van der Waals surface area contributed by atoms with Gasteiger partial charge in [0.25, 0.3) is 5.91 Å². The van der Waals surface area contributed by atoms with E-state index < -0.39 is 0 Å². The van der Waals surface area contributed by atoms with Crippen LogP contribution in [-0.4, -0.2) is 34.2 Å². The largest absolute Gasteiger partial charge is 0.495 e. The molecule has 0 fully saturated rings. The van der Waals surface area contributed by atoms with Gasteiger partial charge in [-0.25, -0.2) is 0 Å². The molecule has 0 atom stereocenters. The van der Waals surface area contributed by atoms with Crippen molar-refractivity contribution in [3.63, 3.8) is 0 Å². The number of nitrogens with zero attached hydrogens (tertiary/aromatic N) is 1. The first-order chi connectivity index (χ1) is 11.0. The Bertz CT molecular complexity index is 717. The van der Waals surface area contributed by atoms with Crippen LogP contribution in [0.1, 0.15) is 10.4 Å². The van der Waals surface area contributed by atoms with Gasteiger partial charge in [0.15, 0.2) is 0 Å². The van der Waals surface area contributed by atoms with E-state index in [9.17, 15) is 4.79 Å². The predicted molar refractivity (Wildman–Crippen MR) is 93.3 cm³/mol. The summed E-state index contributed by atoms with van der Waals surface area (Å²) in [4.78, 5) is 14.4. The van der Waals surface area contributed by atoms with Gasteiger partial charge in [0, 0.05) is 31.4 Å². The normalized spacial score (nSPS) is 10.1. The standard InChI is InChI=1S/C17H19ClN2O3/c1-20(2)12-7-5-6-11(8-12)17(21)19-14-9-13(18)15(22-3)10-16(14)23-4/h5-10H,1-4H3,(H,19,21). The first kappa shape index (κ1) is 17.0. The SMILES string of the molecule is COc1cc(OC)c(NC(=O)c2cccc(N(C)C)c2)cc1Cl. The van der Waals surface area contributed by atoms with Gasteiger partial charge >= 0.3 is 0 Å². The quantitative estimate of drug-likeness (QED) is 0.906. The monoisotopic (exact) mass is 334 g/mol. The molecule has 0 aliphatic rings. The van der Waals surface area contributed by atoms with Crippen molar-refractivity contribution in [1.29, 1.82) is 0 Å². The molecule has 5 nitrogen and oxygen atoms in total. The summed E-state index contributed by atoms with van der Waals surface area (Å²) < 4.78 is 10.4. The van der Waals surface area contributed by atoms with E-state index in [0.717, 1.165) is 5.69 Å². The third-order valence-corrected chi connectivity index (χ3v) is 3.64. The Balaban J connectivity index is 2.30. The molecule has 0 saturated carbocycles. The number of rotatable bonds is 5. The first-order valence-electron chi connectivity index (χ1n) is 6.96. The van der Waals surface area contributed by atoms with Gasteiger partial charge in [-0.15, -0.1) is 0 Å². The van der Waals surface area contributed by atoms with Crippen molar-refractivity contribution in [2.75, 3.05) is 38.5 Å². The summed E-state index contributed by atoms with van der Waals surface area (Å²) in [7, 11) is 6.88. The zero-order valence-corrected chi connectivity index (χ0v) is 14.3. The maximum Gasteiger partial charge on any atom is 0.255 e. The fourth-order valence-corrected chi connectivity index (χ4v) is 2.32. The van der Waals surface area contributed by atoms with Crippen LogP contribution in [0.25, 0.3) is 0 Å². The molecule has 0 unspecified atom stereocenters. The first-order valence-corrected chi connectivity index (χ1v) is 7.34. The fourth-order valence-electron chi connectivity index (χ4n) is 2.08. The van der Waals surface area contributed by atoms with Crippen LogP contribution in [0.2, 0.25) is 5.02 Å². The van der Waals surface area contributed by atoms with Crippen molar-refractivity contribution >= 4 is 28.9 Å². The molecule has 0 bridgehead atoms. The molecule has 2 rings (SSSR count). The molecular weight excluding hydrogens is 316 g/mol. The smallest absolute Gasteiger partial charge is 0.255 e. The van der Waals surface area contributed by atoms with Crippen LogP contribution in [0, 0.1) is 0 Å². The number of carbonyl (C=O) groups excluding carboxylic acids is 1. The summed E-state index contributed by atoms with van der Waals surface area (Å²) in [6.45, 7) is 0. The van der Waals surface area contributed by atoms with Crippen LogP contribution in [0.15, 0.2) is 36.4 Å². The van der Waals surface area contributed by atoms with Crippen LogP contribution >= 0.6 is 11.6 Å². The Morgan fingerprint density at radius 3 is 2.39 bits per heavy atom. The average Bonchev–Trinajstić information content (AvgIpc) is 2.55. The molecule has 122 valence electrons.